The molecule has 0 aromatic heterocycles. The van der Waals surface area contributed by atoms with Gasteiger partial charge in [0.25, 0.3) is 0 Å². The maximum Gasteiger partial charge on any atom is 0.0145 e. The van der Waals surface area contributed by atoms with Gasteiger partial charge in [-0.15, -0.1) is 0 Å². The molecule has 1 nitrogen and oxygen atoms in total. The van der Waals surface area contributed by atoms with Crippen LogP contribution in [0.4, 0.5) is 0 Å². The number of benzene rings is 1. The van der Waals surface area contributed by atoms with E-state index in [2.05, 4.69) is 42.6 Å². The maximum absolute atomic E-state index is 3.76. The molecular formula is C14H19N. The molecule has 3 rings (SSSR count). The van der Waals surface area contributed by atoms with Gasteiger partial charge in [-0.2, -0.15) is 0 Å². The summed E-state index contributed by atoms with van der Waals surface area (Å²) in [6, 6.07) is 12.4. The molecule has 2 saturated carbocycles. The van der Waals surface area contributed by atoms with Crippen LogP contribution in [0.15, 0.2) is 30.3 Å². The maximum atomic E-state index is 3.76. The Hall–Kier alpha value is -0.820. The number of hydrogen-bond acceptors (Lipinski definition) is 1. The fourth-order valence-corrected chi connectivity index (χ4v) is 2.52. The van der Waals surface area contributed by atoms with E-state index in [0.29, 0.717) is 0 Å². The molecule has 1 aromatic carbocycles. The Labute approximate surface area is 91.9 Å². The summed E-state index contributed by atoms with van der Waals surface area (Å²) in [5.41, 5.74) is 1.51. The van der Waals surface area contributed by atoms with Gasteiger partial charge in [-0.05, 0) is 37.7 Å². The predicted octanol–water partition coefficient (Wildman–Crippen LogP) is 2.93. The van der Waals surface area contributed by atoms with E-state index < -0.39 is 0 Å². The first-order valence-electron chi connectivity index (χ1n) is 6.15. The molecule has 2 fully saturated rings. The van der Waals surface area contributed by atoms with Gasteiger partial charge in [0.15, 0.2) is 0 Å². The lowest BCUT2D eigenvalue weighted by Gasteiger charge is -2.12. The fourth-order valence-electron chi connectivity index (χ4n) is 2.52. The lowest BCUT2D eigenvalue weighted by Crippen LogP contribution is -2.30. The van der Waals surface area contributed by atoms with Crippen LogP contribution >= 0.6 is 0 Å². The minimum atomic E-state index is 0.740. The zero-order valence-electron chi connectivity index (χ0n) is 9.32. The summed E-state index contributed by atoms with van der Waals surface area (Å²) in [5, 5.41) is 3.76. The largest absolute Gasteiger partial charge is 0.311 e. The van der Waals surface area contributed by atoms with E-state index in [1.807, 2.05) is 0 Å². The molecule has 1 heteroatoms. The summed E-state index contributed by atoms with van der Waals surface area (Å²) in [7, 11) is 0. The van der Waals surface area contributed by atoms with E-state index in [0.717, 1.165) is 23.9 Å². The highest BCUT2D eigenvalue weighted by atomic mass is 15.0. The van der Waals surface area contributed by atoms with Crippen molar-refractivity contribution in [1.29, 1.82) is 0 Å². The zero-order chi connectivity index (χ0) is 10.3. The monoisotopic (exact) mass is 201 g/mol. The Morgan fingerprint density at radius 1 is 1.20 bits per heavy atom. The standard InChI is InChI=1S/C14H19N/c1-10(11-7-8-11)15-14-9-13(14)12-5-3-2-4-6-12/h2-6,10-11,13-15H,7-9H2,1H3. The number of rotatable bonds is 4. The van der Waals surface area contributed by atoms with Crippen molar-refractivity contribution in [2.45, 2.75) is 44.2 Å². The summed E-state index contributed by atoms with van der Waals surface area (Å²) < 4.78 is 0. The van der Waals surface area contributed by atoms with Gasteiger partial charge in [-0.3, -0.25) is 0 Å². The van der Waals surface area contributed by atoms with Crippen LogP contribution in [-0.4, -0.2) is 12.1 Å². The van der Waals surface area contributed by atoms with Crippen molar-refractivity contribution in [3.63, 3.8) is 0 Å². The third kappa shape index (κ3) is 2.07. The minimum absolute atomic E-state index is 0.740. The molecule has 3 unspecified atom stereocenters. The van der Waals surface area contributed by atoms with Crippen molar-refractivity contribution in [3.8, 4) is 0 Å². The lowest BCUT2D eigenvalue weighted by atomic mass is 10.1. The molecule has 15 heavy (non-hydrogen) atoms. The first-order chi connectivity index (χ1) is 7.34. The van der Waals surface area contributed by atoms with Gasteiger partial charge in [0, 0.05) is 18.0 Å². The van der Waals surface area contributed by atoms with Crippen LogP contribution in [0.2, 0.25) is 0 Å². The number of hydrogen-bond donors (Lipinski definition) is 1. The van der Waals surface area contributed by atoms with E-state index in [9.17, 15) is 0 Å². The van der Waals surface area contributed by atoms with Gasteiger partial charge >= 0.3 is 0 Å². The first-order valence-corrected chi connectivity index (χ1v) is 6.15. The van der Waals surface area contributed by atoms with Crippen molar-refractivity contribution in [1.82, 2.24) is 5.32 Å². The predicted molar refractivity (Wildman–Crippen MR) is 62.9 cm³/mol. The summed E-state index contributed by atoms with van der Waals surface area (Å²) in [6.45, 7) is 2.35. The van der Waals surface area contributed by atoms with Gasteiger partial charge in [-0.1, -0.05) is 30.3 Å². The quantitative estimate of drug-likeness (QED) is 0.789. The topological polar surface area (TPSA) is 12.0 Å². The van der Waals surface area contributed by atoms with Crippen LogP contribution in [-0.2, 0) is 0 Å². The molecule has 0 bridgehead atoms. The van der Waals surface area contributed by atoms with E-state index >= 15 is 0 Å². The molecular weight excluding hydrogens is 182 g/mol. The van der Waals surface area contributed by atoms with Crippen LogP contribution in [0.1, 0.15) is 37.7 Å². The Morgan fingerprint density at radius 2 is 1.93 bits per heavy atom. The smallest absolute Gasteiger partial charge is 0.0145 e. The summed E-state index contributed by atoms with van der Waals surface area (Å²) in [5.74, 6) is 1.76. The third-order valence-electron chi connectivity index (χ3n) is 3.82. The van der Waals surface area contributed by atoms with E-state index in [1.54, 1.807) is 0 Å². The average Bonchev–Trinajstić information content (AvgIpc) is 3.14. The summed E-state index contributed by atoms with van der Waals surface area (Å²) in [6.07, 6.45) is 4.22. The van der Waals surface area contributed by atoms with Crippen LogP contribution in [0, 0.1) is 5.92 Å². The van der Waals surface area contributed by atoms with E-state index in [-0.39, 0.29) is 0 Å². The van der Waals surface area contributed by atoms with Gasteiger partial charge < -0.3 is 5.32 Å². The second-order valence-corrected chi connectivity index (χ2v) is 5.15. The van der Waals surface area contributed by atoms with E-state index in [1.165, 1.54) is 24.8 Å². The van der Waals surface area contributed by atoms with Crippen molar-refractivity contribution in [2.24, 2.45) is 5.92 Å². The second kappa shape index (κ2) is 3.64. The molecule has 0 spiro atoms. The summed E-state index contributed by atoms with van der Waals surface area (Å²) in [4.78, 5) is 0. The molecule has 1 aromatic rings. The van der Waals surface area contributed by atoms with Crippen molar-refractivity contribution in [3.05, 3.63) is 35.9 Å². The highest BCUT2D eigenvalue weighted by Crippen LogP contribution is 2.42. The van der Waals surface area contributed by atoms with Crippen LogP contribution in [0.25, 0.3) is 0 Å². The van der Waals surface area contributed by atoms with Crippen LogP contribution in [0.3, 0.4) is 0 Å². The number of nitrogens with one attached hydrogen (secondary N) is 1. The molecule has 0 radical (unpaired) electrons. The van der Waals surface area contributed by atoms with Crippen LogP contribution in [0.5, 0.6) is 0 Å². The molecule has 0 amide bonds. The minimum Gasteiger partial charge on any atom is -0.311 e. The lowest BCUT2D eigenvalue weighted by molar-refractivity contribution is 0.489. The highest BCUT2D eigenvalue weighted by molar-refractivity contribution is 5.27. The molecule has 2 aliphatic rings. The van der Waals surface area contributed by atoms with Gasteiger partial charge in [0.2, 0.25) is 0 Å². The van der Waals surface area contributed by atoms with Crippen molar-refractivity contribution in [2.75, 3.05) is 0 Å². The van der Waals surface area contributed by atoms with Gasteiger partial charge in [0.1, 0.15) is 0 Å². The summed E-state index contributed by atoms with van der Waals surface area (Å²) >= 11 is 0. The van der Waals surface area contributed by atoms with Gasteiger partial charge in [0.05, 0.1) is 0 Å². The SMILES string of the molecule is CC(NC1CC1c1ccccc1)C1CC1. The molecule has 80 valence electrons. The molecule has 0 saturated heterocycles. The first kappa shape index (κ1) is 9.41. The second-order valence-electron chi connectivity index (χ2n) is 5.15. The zero-order valence-corrected chi connectivity index (χ0v) is 9.32. The molecule has 2 aliphatic carbocycles. The Bertz CT molecular complexity index is 328. The highest BCUT2D eigenvalue weighted by Gasteiger charge is 2.40. The Kier molecular flexibility index (Phi) is 2.28. The molecule has 0 aliphatic heterocycles. The normalized spacial score (nSPS) is 31.3. The van der Waals surface area contributed by atoms with Crippen LogP contribution < -0.4 is 5.32 Å². The Balaban J connectivity index is 1.55. The molecule has 1 N–H and O–H groups in total. The molecule has 0 heterocycles. The molecule has 3 atom stereocenters. The van der Waals surface area contributed by atoms with E-state index in [4.69, 9.17) is 0 Å². The van der Waals surface area contributed by atoms with Crippen molar-refractivity contribution >= 4 is 0 Å². The van der Waals surface area contributed by atoms with Gasteiger partial charge in [-0.25, -0.2) is 0 Å². The third-order valence-corrected chi connectivity index (χ3v) is 3.82. The van der Waals surface area contributed by atoms with Crippen molar-refractivity contribution < 1.29 is 0 Å². The average molecular weight is 201 g/mol. The Morgan fingerprint density at radius 3 is 2.60 bits per heavy atom. The fraction of sp³-hybridized carbons (Fsp3) is 0.571.